The molecular weight excluding hydrogens is 282 g/mol. The van der Waals surface area contributed by atoms with Gasteiger partial charge in [-0.05, 0) is 0 Å². The third-order valence-electron chi connectivity index (χ3n) is 2.72. The Morgan fingerprint density at radius 1 is 1.21 bits per heavy atom. The van der Waals surface area contributed by atoms with Crippen LogP contribution in [0, 0.1) is 0 Å². The molecule has 0 N–H and O–H groups in total. The fourth-order valence-electron chi connectivity index (χ4n) is 1.76. The van der Waals surface area contributed by atoms with E-state index in [1.807, 2.05) is 0 Å². The quantitative estimate of drug-likeness (QED) is 0.446. The van der Waals surface area contributed by atoms with Crippen molar-refractivity contribution in [1.82, 2.24) is 0 Å². The van der Waals surface area contributed by atoms with Crippen LogP contribution in [-0.4, -0.2) is 29.7 Å². The Labute approximate surface area is 104 Å². The van der Waals surface area contributed by atoms with Gasteiger partial charge >= 0.3 is 18.3 Å². The molecule has 9 heteroatoms. The molecule has 3 nitrogen and oxygen atoms in total. The van der Waals surface area contributed by atoms with Gasteiger partial charge in [0, 0.05) is 25.8 Å². The second kappa shape index (κ2) is 4.39. The third kappa shape index (κ3) is 2.70. The van der Waals surface area contributed by atoms with Crippen LogP contribution >= 0.6 is 0 Å². The summed E-state index contributed by atoms with van der Waals surface area (Å²) in [6, 6.07) is 0. The highest BCUT2D eigenvalue weighted by Gasteiger charge is 2.76. The van der Waals surface area contributed by atoms with Gasteiger partial charge in [-0.25, -0.2) is 4.79 Å². The van der Waals surface area contributed by atoms with Crippen molar-refractivity contribution in [2.75, 3.05) is 0 Å². The number of carbonyl (C=O) groups is 1. The van der Waals surface area contributed by atoms with Crippen LogP contribution in [0.1, 0.15) is 19.8 Å². The zero-order valence-corrected chi connectivity index (χ0v) is 9.69. The van der Waals surface area contributed by atoms with Gasteiger partial charge < -0.3 is 9.47 Å². The molecule has 19 heavy (non-hydrogen) atoms. The summed E-state index contributed by atoms with van der Waals surface area (Å²) in [5, 5.41) is 0. The molecule has 0 radical (unpaired) electrons. The molecule has 0 aromatic rings. The summed E-state index contributed by atoms with van der Waals surface area (Å²) in [5.74, 6) is -3.46. The number of hydrogen-bond donors (Lipinski definition) is 0. The molecule has 0 aromatic heterocycles. The first-order chi connectivity index (χ1) is 8.37. The summed E-state index contributed by atoms with van der Waals surface area (Å²) >= 11 is 0. The molecular formula is C10H10F6O3. The summed E-state index contributed by atoms with van der Waals surface area (Å²) in [6.07, 6.45) is -12.8. The van der Waals surface area contributed by atoms with E-state index >= 15 is 0 Å². The van der Waals surface area contributed by atoms with Crippen LogP contribution in [0.2, 0.25) is 0 Å². The highest BCUT2D eigenvalue weighted by molar-refractivity contribution is 5.81. The monoisotopic (exact) mass is 292 g/mol. The molecule has 1 aliphatic heterocycles. The number of esters is 1. The Bertz CT molecular complexity index is 372. The summed E-state index contributed by atoms with van der Waals surface area (Å²) in [7, 11) is 0. The molecule has 0 amide bonds. The Hall–Kier alpha value is -1.25. The smallest absolute Gasteiger partial charge is 0.426 e. The lowest BCUT2D eigenvalue weighted by atomic mass is 9.98. The number of carbonyl (C=O) groups excluding carboxylic acids is 1. The van der Waals surface area contributed by atoms with Crippen molar-refractivity contribution in [2.45, 2.75) is 43.5 Å². The lowest BCUT2D eigenvalue weighted by molar-refractivity contribution is -0.399. The molecule has 0 spiro atoms. The van der Waals surface area contributed by atoms with E-state index in [0.29, 0.717) is 6.08 Å². The summed E-state index contributed by atoms with van der Waals surface area (Å²) in [6.45, 7) is 3.83. The molecule has 1 heterocycles. The normalized spacial score (nSPS) is 27.1. The molecule has 1 saturated heterocycles. The molecule has 1 aliphatic rings. The van der Waals surface area contributed by atoms with Crippen molar-refractivity contribution in [3.05, 3.63) is 12.7 Å². The Kier molecular flexibility index (Phi) is 3.66. The third-order valence-corrected chi connectivity index (χ3v) is 2.72. The second-order valence-corrected chi connectivity index (χ2v) is 4.18. The van der Waals surface area contributed by atoms with E-state index in [2.05, 4.69) is 16.1 Å². The van der Waals surface area contributed by atoms with Crippen molar-refractivity contribution in [2.24, 2.45) is 0 Å². The van der Waals surface area contributed by atoms with Gasteiger partial charge in [-0.15, -0.1) is 0 Å². The van der Waals surface area contributed by atoms with Crippen molar-refractivity contribution >= 4 is 5.97 Å². The molecule has 1 fully saturated rings. The van der Waals surface area contributed by atoms with Gasteiger partial charge in [0.25, 0.3) is 5.60 Å². The van der Waals surface area contributed by atoms with Crippen LogP contribution in [0.15, 0.2) is 12.7 Å². The topological polar surface area (TPSA) is 35.5 Å². The molecule has 1 unspecified atom stereocenters. The van der Waals surface area contributed by atoms with Gasteiger partial charge in [0.2, 0.25) is 5.79 Å². The van der Waals surface area contributed by atoms with Gasteiger partial charge in [-0.3, -0.25) is 0 Å². The maximum Gasteiger partial charge on any atom is 0.426 e. The van der Waals surface area contributed by atoms with Crippen molar-refractivity contribution in [3.63, 3.8) is 0 Å². The Morgan fingerprint density at radius 2 is 1.68 bits per heavy atom. The predicted molar refractivity (Wildman–Crippen MR) is 49.9 cm³/mol. The van der Waals surface area contributed by atoms with Gasteiger partial charge in [0.05, 0.1) is 0 Å². The zero-order chi connectivity index (χ0) is 15.1. The van der Waals surface area contributed by atoms with Crippen LogP contribution < -0.4 is 0 Å². The molecule has 0 saturated carbocycles. The van der Waals surface area contributed by atoms with Gasteiger partial charge in [0.1, 0.15) is 0 Å². The maximum atomic E-state index is 12.7. The fraction of sp³-hybridized carbons (Fsp3) is 0.700. The number of hydrogen-bond acceptors (Lipinski definition) is 3. The molecule has 0 aliphatic carbocycles. The highest BCUT2D eigenvalue weighted by atomic mass is 19.4. The standard InChI is InChI=1S/C10H10F6O3/c1-3-6(17)18-7(2)4-5-8(19-7,9(11,12)13)10(14,15)16/h3H,1,4-5H2,2H3. The van der Waals surface area contributed by atoms with Gasteiger partial charge in [-0.1, -0.05) is 6.58 Å². The fourth-order valence-corrected chi connectivity index (χ4v) is 1.76. The van der Waals surface area contributed by atoms with Crippen molar-refractivity contribution in [3.8, 4) is 0 Å². The van der Waals surface area contributed by atoms with E-state index in [4.69, 9.17) is 0 Å². The van der Waals surface area contributed by atoms with Crippen LogP contribution in [0.5, 0.6) is 0 Å². The first-order valence-electron chi connectivity index (χ1n) is 5.06. The van der Waals surface area contributed by atoms with Crippen LogP contribution in [0.3, 0.4) is 0 Å². The summed E-state index contributed by atoms with van der Waals surface area (Å²) in [5.41, 5.74) is -4.32. The van der Waals surface area contributed by atoms with Crippen LogP contribution in [0.4, 0.5) is 26.3 Å². The largest absolute Gasteiger partial charge is 0.430 e. The van der Waals surface area contributed by atoms with E-state index in [1.165, 1.54) is 0 Å². The lowest BCUT2D eigenvalue weighted by Gasteiger charge is -2.35. The van der Waals surface area contributed by atoms with Crippen LogP contribution in [0.25, 0.3) is 0 Å². The zero-order valence-electron chi connectivity index (χ0n) is 9.69. The minimum Gasteiger partial charge on any atom is -0.430 e. The lowest BCUT2D eigenvalue weighted by Crippen LogP contribution is -2.58. The number of halogens is 6. The average molecular weight is 292 g/mol. The van der Waals surface area contributed by atoms with Gasteiger partial charge in [0.15, 0.2) is 0 Å². The van der Waals surface area contributed by atoms with Gasteiger partial charge in [-0.2, -0.15) is 26.3 Å². The van der Waals surface area contributed by atoms with E-state index in [0.717, 1.165) is 6.92 Å². The van der Waals surface area contributed by atoms with Crippen molar-refractivity contribution in [1.29, 1.82) is 0 Å². The Balaban J connectivity index is 3.09. The predicted octanol–water partition coefficient (Wildman–Crippen LogP) is 3.11. The summed E-state index contributed by atoms with van der Waals surface area (Å²) < 4.78 is 84.5. The van der Waals surface area contributed by atoms with E-state index < -0.39 is 42.6 Å². The maximum absolute atomic E-state index is 12.7. The minimum absolute atomic E-state index is 0.621. The number of rotatable bonds is 2. The highest BCUT2D eigenvalue weighted by Crippen LogP contribution is 2.55. The number of alkyl halides is 6. The molecule has 1 atom stereocenters. The summed E-state index contributed by atoms with van der Waals surface area (Å²) in [4.78, 5) is 10.9. The second-order valence-electron chi connectivity index (χ2n) is 4.18. The van der Waals surface area contributed by atoms with Crippen molar-refractivity contribution < 1.29 is 40.6 Å². The Morgan fingerprint density at radius 3 is 2.00 bits per heavy atom. The van der Waals surface area contributed by atoms with Crippen LogP contribution in [-0.2, 0) is 14.3 Å². The minimum atomic E-state index is -5.66. The molecule has 0 aromatic carbocycles. The van der Waals surface area contributed by atoms with E-state index in [9.17, 15) is 31.1 Å². The van der Waals surface area contributed by atoms with E-state index in [1.54, 1.807) is 0 Å². The SMILES string of the molecule is C=CC(=O)OC1(C)CCC(C(F)(F)F)(C(F)(F)F)O1. The first-order valence-corrected chi connectivity index (χ1v) is 5.06. The average Bonchev–Trinajstić information content (AvgIpc) is 2.56. The molecule has 0 bridgehead atoms. The molecule has 1 rings (SSSR count). The number of ether oxygens (including phenoxy) is 2. The first kappa shape index (κ1) is 15.8. The molecule has 110 valence electrons. The van der Waals surface area contributed by atoms with E-state index in [-0.39, 0.29) is 0 Å².